The number of fused-ring (bicyclic) bond motifs is 12. The molecule has 13 aromatic carbocycles. The van der Waals surface area contributed by atoms with E-state index in [-0.39, 0.29) is 0 Å². The molecule has 16 rings (SSSR count). The summed E-state index contributed by atoms with van der Waals surface area (Å²) < 4.78 is 13.4. The molecular weight excluding hydrogens is 1010 g/mol. The van der Waals surface area contributed by atoms with Gasteiger partial charge in [0, 0.05) is 28.4 Å². The van der Waals surface area contributed by atoms with Crippen LogP contribution in [0.5, 0.6) is 23.0 Å². The van der Waals surface area contributed by atoms with Crippen molar-refractivity contribution in [2.45, 2.75) is 5.41 Å². The molecule has 3 aliphatic rings. The second-order valence-corrected chi connectivity index (χ2v) is 21.7. The van der Waals surface area contributed by atoms with E-state index in [0.29, 0.717) is 23.0 Å². The first-order valence-corrected chi connectivity index (χ1v) is 28.4. The lowest BCUT2D eigenvalue weighted by Gasteiger charge is -2.33. The maximum absolute atomic E-state index is 6.77. The van der Waals surface area contributed by atoms with Gasteiger partial charge in [-0.25, -0.2) is 0 Å². The van der Waals surface area contributed by atoms with Crippen LogP contribution in [0, 0.1) is 0 Å². The fraction of sp³-hybridized carbons (Fsp3) is 0.0127. The Morgan fingerprint density at radius 1 is 0.229 bits per heavy atom. The number of nitrogens with one attached hydrogen (secondary N) is 1. The third kappa shape index (κ3) is 8.22. The highest BCUT2D eigenvalue weighted by Crippen LogP contribution is 2.65. The van der Waals surface area contributed by atoms with E-state index in [9.17, 15) is 0 Å². The van der Waals surface area contributed by atoms with Crippen LogP contribution in [0.1, 0.15) is 22.3 Å². The standard InChI is InChI=1S/C79H52N2O2/c1-4-14-52(15-5-1)56-28-37-62(38-29-56)80-63-39-30-57(31-40-63)55-24-26-60(27-25-55)61-36-47-72-69(48-61)67-20-10-11-21-71(67)79(72)73-49-66(45-46-68(73)70-50-77-78(51-74(70)79)83-76-23-13-12-22-75(76)82-77)81(64-41-32-58(33-42-64)53-16-6-2-7-17-53)65-43-34-59(35-44-65)54-18-8-3-9-19-54/h1-51,80H. The van der Waals surface area contributed by atoms with Crippen molar-refractivity contribution in [1.82, 2.24) is 0 Å². The maximum atomic E-state index is 6.77. The highest BCUT2D eigenvalue weighted by molar-refractivity contribution is 5.98. The Labute approximate surface area is 483 Å². The van der Waals surface area contributed by atoms with Gasteiger partial charge in [0.1, 0.15) is 0 Å². The quantitative estimate of drug-likeness (QED) is 0.148. The average Bonchev–Trinajstić information content (AvgIpc) is 2.22. The number of rotatable bonds is 10. The maximum Gasteiger partial charge on any atom is 0.170 e. The van der Waals surface area contributed by atoms with Crippen LogP contribution in [0.25, 0.3) is 77.9 Å². The van der Waals surface area contributed by atoms with Crippen LogP contribution in [-0.4, -0.2) is 0 Å². The molecule has 1 atom stereocenters. The first-order chi connectivity index (χ1) is 41.1. The van der Waals surface area contributed by atoms with Crippen LogP contribution in [0.4, 0.5) is 28.4 Å². The molecule has 2 aliphatic carbocycles. The lowest BCUT2D eigenvalue weighted by molar-refractivity contribution is 0.359. The van der Waals surface area contributed by atoms with Crippen LogP contribution in [-0.2, 0) is 5.41 Å². The van der Waals surface area contributed by atoms with Gasteiger partial charge < -0.3 is 19.7 Å². The van der Waals surface area contributed by atoms with Crippen molar-refractivity contribution in [3.05, 3.63) is 332 Å². The number of anilines is 5. The number of para-hydroxylation sites is 2. The molecule has 0 aromatic heterocycles. The summed E-state index contributed by atoms with van der Waals surface area (Å²) in [7, 11) is 0. The van der Waals surface area contributed by atoms with Crippen molar-refractivity contribution >= 4 is 28.4 Å². The van der Waals surface area contributed by atoms with Gasteiger partial charge >= 0.3 is 0 Å². The Morgan fingerprint density at radius 2 is 0.590 bits per heavy atom. The van der Waals surface area contributed by atoms with Gasteiger partial charge in [-0.2, -0.15) is 0 Å². The van der Waals surface area contributed by atoms with Gasteiger partial charge in [-0.15, -0.1) is 0 Å². The minimum absolute atomic E-state index is 0.697. The van der Waals surface area contributed by atoms with Crippen LogP contribution in [0.2, 0.25) is 0 Å². The van der Waals surface area contributed by atoms with E-state index in [2.05, 4.69) is 289 Å². The van der Waals surface area contributed by atoms with E-state index in [1.807, 2.05) is 30.3 Å². The van der Waals surface area contributed by atoms with Crippen LogP contribution >= 0.6 is 0 Å². The summed E-state index contributed by atoms with van der Waals surface area (Å²) in [4.78, 5) is 2.40. The van der Waals surface area contributed by atoms with Crippen molar-refractivity contribution < 1.29 is 9.47 Å². The summed E-state index contributed by atoms with van der Waals surface area (Å²) in [6.07, 6.45) is 0. The van der Waals surface area contributed by atoms with Crippen LogP contribution < -0.4 is 19.7 Å². The Balaban J connectivity index is 0.793. The lowest BCUT2D eigenvalue weighted by atomic mass is 9.70. The van der Waals surface area contributed by atoms with Crippen molar-refractivity contribution in [3.63, 3.8) is 0 Å². The van der Waals surface area contributed by atoms with Gasteiger partial charge in [0.05, 0.1) is 5.41 Å². The Morgan fingerprint density at radius 3 is 1.12 bits per heavy atom. The van der Waals surface area contributed by atoms with Gasteiger partial charge in [-0.3, -0.25) is 0 Å². The minimum Gasteiger partial charge on any atom is -0.450 e. The molecule has 13 aromatic rings. The zero-order valence-electron chi connectivity index (χ0n) is 45.2. The van der Waals surface area contributed by atoms with Gasteiger partial charge in [-0.05, 0) is 191 Å². The zero-order valence-corrected chi connectivity index (χ0v) is 45.2. The fourth-order valence-electron chi connectivity index (χ4n) is 13.0. The van der Waals surface area contributed by atoms with Crippen molar-refractivity contribution in [2.75, 3.05) is 10.2 Å². The van der Waals surface area contributed by atoms with Crippen LogP contribution in [0.15, 0.2) is 309 Å². The molecule has 4 nitrogen and oxygen atoms in total. The molecular formula is C79H52N2O2. The largest absolute Gasteiger partial charge is 0.450 e. The van der Waals surface area contributed by atoms with E-state index >= 15 is 0 Å². The first-order valence-electron chi connectivity index (χ1n) is 28.4. The number of hydrogen-bond donors (Lipinski definition) is 1. The molecule has 1 aliphatic heterocycles. The summed E-state index contributed by atoms with van der Waals surface area (Å²) in [5.74, 6) is 2.82. The van der Waals surface area contributed by atoms with Gasteiger partial charge in [0.2, 0.25) is 0 Å². The lowest BCUT2D eigenvalue weighted by Crippen LogP contribution is -2.26. The van der Waals surface area contributed by atoms with Crippen molar-refractivity contribution in [3.8, 4) is 101 Å². The van der Waals surface area contributed by atoms with E-state index in [1.54, 1.807) is 0 Å². The summed E-state index contributed by atoms with van der Waals surface area (Å²) in [6.45, 7) is 0. The minimum atomic E-state index is -0.697. The average molecular weight is 1060 g/mol. The molecule has 0 saturated carbocycles. The molecule has 1 unspecified atom stereocenters. The highest BCUT2D eigenvalue weighted by Gasteiger charge is 2.53. The molecule has 390 valence electrons. The van der Waals surface area contributed by atoms with Crippen LogP contribution in [0.3, 0.4) is 0 Å². The summed E-state index contributed by atoms with van der Waals surface area (Å²) in [6, 6.07) is 112. The Bertz CT molecular complexity index is 4500. The number of nitrogens with zero attached hydrogens (tertiary/aromatic N) is 1. The second kappa shape index (κ2) is 19.7. The predicted molar refractivity (Wildman–Crippen MR) is 341 cm³/mol. The molecule has 83 heavy (non-hydrogen) atoms. The Kier molecular flexibility index (Phi) is 11.4. The summed E-state index contributed by atoms with van der Waals surface area (Å²) in [5.41, 5.74) is 25.9. The molecule has 1 heterocycles. The molecule has 0 amide bonds. The van der Waals surface area contributed by atoms with Crippen molar-refractivity contribution in [2.24, 2.45) is 0 Å². The van der Waals surface area contributed by atoms with E-state index in [1.165, 1.54) is 72.3 Å². The van der Waals surface area contributed by atoms with E-state index in [0.717, 1.165) is 56.3 Å². The second-order valence-electron chi connectivity index (χ2n) is 21.7. The van der Waals surface area contributed by atoms with E-state index < -0.39 is 5.41 Å². The third-order valence-corrected chi connectivity index (χ3v) is 17.0. The normalized spacial score (nSPS) is 13.8. The molecule has 4 heteroatoms. The SMILES string of the molecule is c1ccc(-c2ccc(Nc3ccc(-c4ccc(-c5ccc6c(c5)-c5ccccc5C65c6cc(N(c7ccc(-c8ccccc8)cc7)c7ccc(-c8ccccc8)cc7)ccc6-c6cc7c(cc65)Oc5ccccc5O7)cc4)cc3)cc2)cc1. The zero-order chi connectivity index (χ0) is 54.8. The summed E-state index contributed by atoms with van der Waals surface area (Å²) in [5, 5.41) is 3.59. The Hall–Kier alpha value is -10.9. The summed E-state index contributed by atoms with van der Waals surface area (Å²) >= 11 is 0. The molecule has 0 saturated heterocycles. The first kappa shape index (κ1) is 48.0. The number of ether oxygens (including phenoxy) is 2. The van der Waals surface area contributed by atoms with Crippen molar-refractivity contribution in [1.29, 1.82) is 0 Å². The number of hydrogen-bond acceptors (Lipinski definition) is 4. The van der Waals surface area contributed by atoms with Gasteiger partial charge in [-0.1, -0.05) is 218 Å². The topological polar surface area (TPSA) is 33.7 Å². The van der Waals surface area contributed by atoms with Gasteiger partial charge in [0.15, 0.2) is 23.0 Å². The monoisotopic (exact) mass is 1060 g/mol. The molecule has 0 radical (unpaired) electrons. The third-order valence-electron chi connectivity index (χ3n) is 17.0. The smallest absolute Gasteiger partial charge is 0.170 e. The highest BCUT2D eigenvalue weighted by atomic mass is 16.6. The molecule has 1 spiro atoms. The fourth-order valence-corrected chi connectivity index (χ4v) is 13.0. The predicted octanol–water partition coefficient (Wildman–Crippen LogP) is 21.5. The number of benzene rings is 13. The van der Waals surface area contributed by atoms with E-state index in [4.69, 9.17) is 9.47 Å². The van der Waals surface area contributed by atoms with Gasteiger partial charge in [0.25, 0.3) is 0 Å². The molecule has 0 bridgehead atoms. The molecule has 1 N–H and O–H groups in total. The molecule has 0 fully saturated rings.